The molecule has 2 aliphatic heterocycles. The molecule has 3 nitrogen and oxygen atoms in total. The van der Waals surface area contributed by atoms with Crippen molar-refractivity contribution in [1.82, 2.24) is 5.32 Å². The number of fused-ring (bicyclic) bond motifs is 3. The largest absolute Gasteiger partial charge is 0.484 e. The molecule has 2 aromatic rings. The van der Waals surface area contributed by atoms with Gasteiger partial charge in [0.05, 0.1) is 5.69 Å². The Morgan fingerprint density at radius 3 is 2.26 bits per heavy atom. The molecule has 2 heterocycles. The van der Waals surface area contributed by atoms with Gasteiger partial charge in [0.15, 0.2) is 0 Å². The first-order valence-electron chi connectivity index (χ1n) is 13.8. The van der Waals surface area contributed by atoms with Gasteiger partial charge in [0.1, 0.15) is 11.4 Å². The van der Waals surface area contributed by atoms with Crippen LogP contribution in [0, 0.1) is 0 Å². The van der Waals surface area contributed by atoms with Crippen molar-refractivity contribution in [1.29, 1.82) is 0 Å². The summed E-state index contributed by atoms with van der Waals surface area (Å²) < 4.78 is 7.00. The first-order chi connectivity index (χ1) is 17.0. The summed E-state index contributed by atoms with van der Waals surface area (Å²) in [6, 6.07) is 11.9. The van der Waals surface area contributed by atoms with Crippen molar-refractivity contribution in [2.75, 3.05) is 18.0 Å². The Balaban J connectivity index is 1.53. The maximum atomic E-state index is 7.00. The molecule has 0 bridgehead atoms. The standard InChI is InChI=1S/C30H38Cl2N2O/c1-30-14-15-33-19-26(30)25-16-20(24-13-12-21(31)18-27(24)32)17-28(29(25)35-30)34(22-8-4-2-5-9-22)23-10-6-3-7-11-23/h12-13,16-18,22-23,26,33H,2-11,14-15,19H2,1H3/t26-,30?/m0/s1. The van der Waals surface area contributed by atoms with Crippen LogP contribution < -0.4 is 15.0 Å². The lowest BCUT2D eigenvalue weighted by Gasteiger charge is -2.44. The van der Waals surface area contributed by atoms with Crippen LogP contribution in [0.4, 0.5) is 5.69 Å². The molecule has 2 aliphatic carbocycles. The highest BCUT2D eigenvalue weighted by atomic mass is 35.5. The van der Waals surface area contributed by atoms with Crippen molar-refractivity contribution >= 4 is 28.9 Å². The van der Waals surface area contributed by atoms with Gasteiger partial charge in [-0.2, -0.15) is 0 Å². The molecule has 1 saturated heterocycles. The maximum absolute atomic E-state index is 7.00. The van der Waals surface area contributed by atoms with Crippen LogP contribution in [0.15, 0.2) is 30.3 Å². The van der Waals surface area contributed by atoms with Gasteiger partial charge in [0.25, 0.3) is 0 Å². The fourth-order valence-corrected chi connectivity index (χ4v) is 7.77. The van der Waals surface area contributed by atoms with Crippen LogP contribution in [-0.2, 0) is 0 Å². The van der Waals surface area contributed by atoms with Gasteiger partial charge >= 0.3 is 0 Å². The average Bonchev–Trinajstić information content (AvgIpc) is 3.18. The smallest absolute Gasteiger partial charge is 0.147 e. The average molecular weight is 514 g/mol. The van der Waals surface area contributed by atoms with Crippen LogP contribution in [0.1, 0.15) is 89.0 Å². The molecule has 0 aromatic heterocycles. The quantitative estimate of drug-likeness (QED) is 0.445. The van der Waals surface area contributed by atoms with Crippen molar-refractivity contribution in [3.05, 3.63) is 45.9 Å². The Labute approximate surface area is 220 Å². The third kappa shape index (κ3) is 4.47. The van der Waals surface area contributed by atoms with Gasteiger partial charge in [-0.15, -0.1) is 0 Å². The second-order valence-electron chi connectivity index (χ2n) is 11.5. The third-order valence-corrected chi connectivity index (χ3v) is 9.70. The van der Waals surface area contributed by atoms with Gasteiger partial charge in [-0.1, -0.05) is 67.8 Å². The van der Waals surface area contributed by atoms with Gasteiger partial charge in [0.2, 0.25) is 0 Å². The summed E-state index contributed by atoms with van der Waals surface area (Å²) in [6.45, 7) is 4.30. The van der Waals surface area contributed by atoms with Crippen LogP contribution in [0.2, 0.25) is 10.0 Å². The highest BCUT2D eigenvalue weighted by Gasteiger charge is 2.48. The third-order valence-electron chi connectivity index (χ3n) is 9.15. The molecule has 6 rings (SSSR count). The summed E-state index contributed by atoms with van der Waals surface area (Å²) in [5.74, 6) is 1.50. The summed E-state index contributed by atoms with van der Waals surface area (Å²) in [5.41, 5.74) is 4.78. The lowest BCUT2D eigenvalue weighted by atomic mass is 9.80. The summed E-state index contributed by atoms with van der Waals surface area (Å²) >= 11 is 13.0. The Morgan fingerprint density at radius 2 is 1.60 bits per heavy atom. The van der Waals surface area contributed by atoms with Crippen molar-refractivity contribution in [3.8, 4) is 16.9 Å². The molecule has 188 valence electrons. The molecule has 35 heavy (non-hydrogen) atoms. The fraction of sp³-hybridized carbons (Fsp3) is 0.600. The van der Waals surface area contributed by atoms with Gasteiger partial charge in [-0.3, -0.25) is 0 Å². The van der Waals surface area contributed by atoms with E-state index in [0.29, 0.717) is 28.0 Å². The van der Waals surface area contributed by atoms with E-state index >= 15 is 0 Å². The van der Waals surface area contributed by atoms with E-state index in [2.05, 4.69) is 35.3 Å². The molecule has 0 spiro atoms. The Morgan fingerprint density at radius 1 is 0.914 bits per heavy atom. The van der Waals surface area contributed by atoms with Crippen molar-refractivity contribution in [2.45, 2.75) is 101 Å². The van der Waals surface area contributed by atoms with E-state index in [1.807, 2.05) is 12.1 Å². The van der Waals surface area contributed by atoms with Crippen LogP contribution in [0.3, 0.4) is 0 Å². The van der Waals surface area contributed by atoms with E-state index in [0.717, 1.165) is 30.8 Å². The van der Waals surface area contributed by atoms with Gasteiger partial charge in [0, 0.05) is 45.7 Å². The second kappa shape index (κ2) is 9.80. The fourth-order valence-electron chi connectivity index (χ4n) is 7.25. The number of piperidine rings is 1. The maximum Gasteiger partial charge on any atom is 0.147 e. The monoisotopic (exact) mass is 512 g/mol. The van der Waals surface area contributed by atoms with E-state index in [-0.39, 0.29) is 5.60 Å². The summed E-state index contributed by atoms with van der Waals surface area (Å²) in [6.07, 6.45) is 14.3. The topological polar surface area (TPSA) is 24.5 Å². The molecule has 3 fully saturated rings. The van der Waals surface area contributed by atoms with E-state index in [1.54, 1.807) is 0 Å². The van der Waals surface area contributed by atoms with E-state index in [1.165, 1.54) is 81.0 Å². The lowest BCUT2D eigenvalue weighted by molar-refractivity contribution is 0.0624. The number of benzene rings is 2. The second-order valence-corrected chi connectivity index (χ2v) is 12.3. The molecular weight excluding hydrogens is 475 g/mol. The van der Waals surface area contributed by atoms with Crippen molar-refractivity contribution in [3.63, 3.8) is 0 Å². The molecular formula is C30H38Cl2N2O. The molecule has 4 aliphatic rings. The Kier molecular flexibility index (Phi) is 6.71. The van der Waals surface area contributed by atoms with E-state index in [9.17, 15) is 0 Å². The van der Waals surface area contributed by atoms with Crippen molar-refractivity contribution in [2.24, 2.45) is 0 Å². The molecule has 0 radical (unpaired) electrons. The Hall–Kier alpha value is -1.42. The number of halogens is 2. The highest BCUT2D eigenvalue weighted by Crippen LogP contribution is 2.54. The SMILES string of the molecule is CC12CCNC[C@H]1c1cc(-c3ccc(Cl)cc3Cl)cc(N(C3CCCCC3)C3CCCCC3)c1O2. The Bertz CT molecular complexity index is 1060. The molecule has 2 atom stereocenters. The minimum absolute atomic E-state index is 0.143. The lowest BCUT2D eigenvalue weighted by Crippen LogP contribution is -2.47. The number of anilines is 1. The highest BCUT2D eigenvalue weighted by molar-refractivity contribution is 6.36. The number of nitrogens with one attached hydrogen (secondary N) is 1. The predicted molar refractivity (Wildman–Crippen MR) is 147 cm³/mol. The minimum atomic E-state index is -0.143. The van der Waals surface area contributed by atoms with Crippen molar-refractivity contribution < 1.29 is 4.74 Å². The minimum Gasteiger partial charge on any atom is -0.484 e. The zero-order valence-electron chi connectivity index (χ0n) is 20.9. The van der Waals surface area contributed by atoms with Crippen LogP contribution in [-0.4, -0.2) is 30.8 Å². The van der Waals surface area contributed by atoms with Gasteiger partial charge < -0.3 is 15.0 Å². The predicted octanol–water partition coefficient (Wildman–Crippen LogP) is 8.36. The zero-order chi connectivity index (χ0) is 24.0. The van der Waals surface area contributed by atoms with Crippen LogP contribution in [0.5, 0.6) is 5.75 Å². The van der Waals surface area contributed by atoms with Crippen LogP contribution >= 0.6 is 23.2 Å². The molecule has 0 amide bonds. The molecule has 2 aromatic carbocycles. The number of nitrogens with zero attached hydrogens (tertiary/aromatic N) is 1. The number of rotatable bonds is 4. The molecule has 5 heteroatoms. The zero-order valence-corrected chi connectivity index (χ0v) is 22.4. The molecule has 2 saturated carbocycles. The normalized spacial score (nSPS) is 27.2. The number of ether oxygens (including phenoxy) is 1. The first kappa shape index (κ1) is 23.9. The van der Waals surface area contributed by atoms with Gasteiger partial charge in [-0.25, -0.2) is 0 Å². The summed E-state index contributed by atoms with van der Waals surface area (Å²) in [4.78, 5) is 2.83. The summed E-state index contributed by atoms with van der Waals surface area (Å²) in [7, 11) is 0. The van der Waals surface area contributed by atoms with E-state index in [4.69, 9.17) is 27.9 Å². The van der Waals surface area contributed by atoms with E-state index < -0.39 is 0 Å². The molecule has 1 N–H and O–H groups in total. The summed E-state index contributed by atoms with van der Waals surface area (Å²) in [5, 5.41) is 5.03. The van der Waals surface area contributed by atoms with Crippen LogP contribution in [0.25, 0.3) is 11.1 Å². The van der Waals surface area contributed by atoms with Gasteiger partial charge in [-0.05, 0) is 75.4 Å². The first-order valence-corrected chi connectivity index (χ1v) is 14.6. The number of hydrogen-bond acceptors (Lipinski definition) is 3. The molecule has 1 unspecified atom stereocenters. The number of hydrogen-bond donors (Lipinski definition) is 1.